The zero-order chi connectivity index (χ0) is 29.4. The van der Waals surface area contributed by atoms with Crippen LogP contribution in [0.4, 0.5) is 15.9 Å². The van der Waals surface area contributed by atoms with Gasteiger partial charge >= 0.3 is 0 Å². The van der Waals surface area contributed by atoms with Gasteiger partial charge in [0.15, 0.2) is 0 Å². The summed E-state index contributed by atoms with van der Waals surface area (Å²) in [7, 11) is -4.02. The lowest BCUT2D eigenvalue weighted by atomic mass is 10.1. The maximum absolute atomic E-state index is 13.3. The summed E-state index contributed by atoms with van der Waals surface area (Å²) in [6.45, 7) is 2.05. The zero-order valence-electron chi connectivity index (χ0n) is 21.8. The highest BCUT2D eigenvalue weighted by molar-refractivity contribution is 7.85. The van der Waals surface area contributed by atoms with Crippen LogP contribution in [0.1, 0.15) is 16.7 Å². The fourth-order valence-electron chi connectivity index (χ4n) is 3.76. The largest absolute Gasteiger partial charge is 0.487 e. The predicted molar refractivity (Wildman–Crippen MR) is 156 cm³/mol. The Morgan fingerprint density at radius 2 is 1.76 bits per heavy atom. The number of hydrogen-bond acceptors (Lipinski definition) is 7. The number of fused-ring (bicyclic) bond motifs is 1. The molecule has 5 aromatic rings. The molecule has 1 heterocycles. The van der Waals surface area contributed by atoms with E-state index in [1.54, 1.807) is 36.4 Å². The van der Waals surface area contributed by atoms with Gasteiger partial charge in [0, 0.05) is 17.5 Å². The van der Waals surface area contributed by atoms with Gasteiger partial charge in [-0.15, -0.1) is 0 Å². The van der Waals surface area contributed by atoms with Crippen molar-refractivity contribution < 1.29 is 26.9 Å². The van der Waals surface area contributed by atoms with Crippen LogP contribution in [0.15, 0.2) is 96.2 Å². The second-order valence-corrected chi connectivity index (χ2v) is 10.8. The van der Waals surface area contributed by atoms with Gasteiger partial charge in [-0.2, -0.15) is 8.42 Å². The number of nitrogens with one attached hydrogen (secondary N) is 1. The third-order valence-corrected chi connectivity index (χ3v) is 6.98. The third kappa shape index (κ3) is 8.31. The molecule has 0 saturated heterocycles. The summed E-state index contributed by atoms with van der Waals surface area (Å²) in [4.78, 5) is 19.3. The molecular formula is C30H25ClFN3O5S. The van der Waals surface area contributed by atoms with Crippen molar-refractivity contribution in [3.05, 3.63) is 119 Å². The van der Waals surface area contributed by atoms with Crippen molar-refractivity contribution in [2.24, 2.45) is 0 Å². The van der Waals surface area contributed by atoms with Gasteiger partial charge in [-0.25, -0.2) is 14.4 Å². The Balaban J connectivity index is 0.000000296. The fraction of sp³-hybridized carbons (Fsp3) is 0.100. The van der Waals surface area contributed by atoms with Gasteiger partial charge < -0.3 is 14.8 Å². The molecule has 0 aliphatic rings. The van der Waals surface area contributed by atoms with E-state index in [2.05, 4.69) is 15.3 Å². The number of ether oxygens (including phenoxy) is 1. The summed E-state index contributed by atoms with van der Waals surface area (Å²) in [6, 6.07) is 23.1. The van der Waals surface area contributed by atoms with Crippen molar-refractivity contribution in [1.82, 2.24) is 9.97 Å². The van der Waals surface area contributed by atoms with Crippen molar-refractivity contribution in [3.8, 4) is 5.75 Å². The Morgan fingerprint density at radius 1 is 0.976 bits per heavy atom. The second kappa shape index (κ2) is 13.3. The van der Waals surface area contributed by atoms with E-state index in [9.17, 15) is 17.6 Å². The van der Waals surface area contributed by atoms with Crippen LogP contribution in [-0.2, 0) is 27.9 Å². The van der Waals surface area contributed by atoms with Crippen molar-refractivity contribution in [1.29, 1.82) is 0 Å². The van der Waals surface area contributed by atoms with Crippen molar-refractivity contribution in [3.63, 3.8) is 0 Å². The average molecular weight is 594 g/mol. The first-order valence-electron chi connectivity index (χ1n) is 12.3. The molecule has 0 amide bonds. The molecule has 8 nitrogen and oxygen atoms in total. The molecular weight excluding hydrogens is 569 g/mol. The van der Waals surface area contributed by atoms with Crippen LogP contribution in [0, 0.1) is 12.7 Å². The van der Waals surface area contributed by atoms with Gasteiger partial charge in [0.2, 0.25) is 0 Å². The molecule has 210 valence electrons. The minimum atomic E-state index is -4.02. The summed E-state index contributed by atoms with van der Waals surface area (Å²) >= 11 is 6.37. The lowest BCUT2D eigenvalue weighted by Gasteiger charge is -2.12. The van der Waals surface area contributed by atoms with Crippen molar-refractivity contribution in [2.45, 2.75) is 24.8 Å². The fourth-order valence-corrected chi connectivity index (χ4v) is 4.47. The zero-order valence-corrected chi connectivity index (χ0v) is 23.4. The number of aromatic nitrogens is 2. The number of anilines is 2. The maximum atomic E-state index is 13.3. The minimum absolute atomic E-state index is 0.0666. The van der Waals surface area contributed by atoms with E-state index in [4.69, 9.17) is 20.9 Å². The highest BCUT2D eigenvalue weighted by Crippen LogP contribution is 2.31. The molecule has 0 aliphatic heterocycles. The number of benzene rings is 4. The topological polar surface area (TPSA) is 118 Å². The molecule has 0 atom stereocenters. The average Bonchev–Trinajstić information content (AvgIpc) is 2.93. The quantitative estimate of drug-likeness (QED) is 0.150. The van der Waals surface area contributed by atoms with E-state index in [0.717, 1.165) is 34.0 Å². The smallest absolute Gasteiger partial charge is 0.294 e. The summed E-state index contributed by atoms with van der Waals surface area (Å²) in [5, 5.41) is 4.45. The van der Waals surface area contributed by atoms with Crippen LogP contribution < -0.4 is 10.1 Å². The van der Waals surface area contributed by atoms with Crippen molar-refractivity contribution in [2.75, 3.05) is 5.32 Å². The van der Waals surface area contributed by atoms with Gasteiger partial charge in [0.1, 0.15) is 36.6 Å². The van der Waals surface area contributed by atoms with Crippen LogP contribution in [-0.4, -0.2) is 29.2 Å². The van der Waals surface area contributed by atoms with E-state index < -0.39 is 10.1 Å². The van der Waals surface area contributed by atoms with Crippen LogP contribution in [0.25, 0.3) is 10.9 Å². The van der Waals surface area contributed by atoms with Gasteiger partial charge in [-0.1, -0.05) is 47.5 Å². The van der Waals surface area contributed by atoms with E-state index >= 15 is 0 Å². The van der Waals surface area contributed by atoms with Gasteiger partial charge in [-0.05, 0) is 72.6 Å². The SMILES string of the molecule is Cc1ccc(S(=O)(=O)O)cc1.O=CCc1ccc2ncnc(Nc3ccc(OCc4cccc(F)c4)c(Cl)c3)c2c1. The lowest BCUT2D eigenvalue weighted by Crippen LogP contribution is -1.99. The Labute approximate surface area is 241 Å². The lowest BCUT2D eigenvalue weighted by molar-refractivity contribution is -0.107. The van der Waals surface area contributed by atoms with Crippen LogP contribution >= 0.6 is 11.6 Å². The molecule has 41 heavy (non-hydrogen) atoms. The highest BCUT2D eigenvalue weighted by Gasteiger charge is 2.09. The normalized spacial score (nSPS) is 10.9. The monoisotopic (exact) mass is 593 g/mol. The first-order chi connectivity index (χ1) is 19.6. The van der Waals surface area contributed by atoms with E-state index in [0.29, 0.717) is 28.6 Å². The highest BCUT2D eigenvalue weighted by atomic mass is 35.5. The van der Waals surface area contributed by atoms with Crippen LogP contribution in [0.5, 0.6) is 5.75 Å². The van der Waals surface area contributed by atoms with E-state index in [1.807, 2.05) is 31.2 Å². The molecule has 0 fully saturated rings. The Morgan fingerprint density at radius 3 is 2.44 bits per heavy atom. The Hall–Kier alpha value is -4.38. The number of carbonyl (C=O) groups is 1. The van der Waals surface area contributed by atoms with Gasteiger partial charge in [-0.3, -0.25) is 4.55 Å². The van der Waals surface area contributed by atoms with Crippen LogP contribution in [0.2, 0.25) is 5.02 Å². The second-order valence-electron chi connectivity index (χ2n) is 8.92. The molecule has 0 bridgehead atoms. The summed E-state index contributed by atoms with van der Waals surface area (Å²) in [5.41, 5.74) is 4.04. The number of halogens is 2. The van der Waals surface area contributed by atoms with Gasteiger partial charge in [0.05, 0.1) is 15.4 Å². The van der Waals surface area contributed by atoms with E-state index in [-0.39, 0.29) is 17.3 Å². The summed E-state index contributed by atoms with van der Waals surface area (Å²) in [6.07, 6.45) is 2.66. The summed E-state index contributed by atoms with van der Waals surface area (Å²) < 4.78 is 48.6. The molecule has 0 unspecified atom stereocenters. The first kappa shape index (κ1) is 29.6. The van der Waals surface area contributed by atoms with Crippen molar-refractivity contribution >= 4 is 50.4 Å². The molecule has 1 aromatic heterocycles. The molecule has 2 N–H and O–H groups in total. The number of carbonyl (C=O) groups excluding carboxylic acids is 1. The standard InChI is InChI=1S/C23H17ClFN3O2.C7H8O3S/c24-20-12-18(5-7-22(20)30-13-16-2-1-3-17(25)10-16)28-23-19-11-15(8-9-29)4-6-21(19)26-14-27-23;1-6-2-4-7(5-3-6)11(8,9)10/h1-7,9-12,14H,8,13H2,(H,26,27,28);2-5H,1H3,(H,8,9,10). The Kier molecular flexibility index (Phi) is 9.61. The molecule has 0 radical (unpaired) electrons. The molecule has 0 saturated carbocycles. The number of rotatable bonds is 8. The molecule has 4 aromatic carbocycles. The minimum Gasteiger partial charge on any atom is -0.487 e. The molecule has 0 spiro atoms. The molecule has 0 aliphatic carbocycles. The van der Waals surface area contributed by atoms with Crippen LogP contribution in [0.3, 0.4) is 0 Å². The number of aryl methyl sites for hydroxylation is 1. The number of aldehydes is 1. The third-order valence-electron chi connectivity index (χ3n) is 5.82. The molecule has 11 heteroatoms. The van der Waals surface area contributed by atoms with E-state index in [1.165, 1.54) is 30.6 Å². The number of nitrogens with zero attached hydrogens (tertiary/aromatic N) is 2. The number of hydrogen-bond donors (Lipinski definition) is 2. The summed E-state index contributed by atoms with van der Waals surface area (Å²) in [5.74, 6) is 0.791. The van der Waals surface area contributed by atoms with Gasteiger partial charge in [0.25, 0.3) is 10.1 Å². The Bertz CT molecular complexity index is 1780. The predicted octanol–water partition coefficient (Wildman–Crippen LogP) is 6.73. The molecule has 5 rings (SSSR count). The maximum Gasteiger partial charge on any atom is 0.294 e. The first-order valence-corrected chi connectivity index (χ1v) is 14.1.